The second kappa shape index (κ2) is 5.20. The standard InChI is InChI=1S/C15H14INO3/c16-10-3-1-2-4-11(10)17-14(18)12-8-5-6-9(7-8)13(12)15(19)20/h1-6,8-9,12-13H,7H2,(H,17,18)(H,19,20)/t8-,9+,12-,13+/m1/s1. The Balaban J connectivity index is 1.82. The summed E-state index contributed by atoms with van der Waals surface area (Å²) in [5, 5.41) is 12.2. The highest BCUT2D eigenvalue weighted by Gasteiger charge is 2.51. The number of hydrogen-bond acceptors (Lipinski definition) is 2. The number of rotatable bonds is 3. The molecule has 3 rings (SSSR count). The number of carboxylic acid groups (broad SMARTS) is 1. The van der Waals surface area contributed by atoms with Crippen molar-refractivity contribution in [3.63, 3.8) is 0 Å². The second-order valence-electron chi connectivity index (χ2n) is 5.31. The molecule has 2 bridgehead atoms. The molecule has 2 aliphatic carbocycles. The van der Waals surface area contributed by atoms with Crippen LogP contribution < -0.4 is 5.32 Å². The van der Waals surface area contributed by atoms with Gasteiger partial charge in [0, 0.05) is 3.57 Å². The van der Waals surface area contributed by atoms with Gasteiger partial charge in [0.25, 0.3) is 0 Å². The molecular formula is C15H14INO3. The second-order valence-corrected chi connectivity index (χ2v) is 6.47. The third-order valence-electron chi connectivity index (χ3n) is 4.18. The molecule has 1 saturated carbocycles. The third kappa shape index (κ3) is 2.24. The van der Waals surface area contributed by atoms with Gasteiger partial charge in [-0.05, 0) is 53.0 Å². The molecule has 1 aromatic carbocycles. The Hall–Kier alpha value is -1.37. The van der Waals surface area contributed by atoms with Gasteiger partial charge in [0.05, 0.1) is 17.5 Å². The van der Waals surface area contributed by atoms with Gasteiger partial charge in [0.1, 0.15) is 0 Å². The summed E-state index contributed by atoms with van der Waals surface area (Å²) in [5.41, 5.74) is 0.744. The van der Waals surface area contributed by atoms with Crippen molar-refractivity contribution in [1.82, 2.24) is 0 Å². The number of aliphatic carboxylic acids is 1. The Labute approximate surface area is 130 Å². The van der Waals surface area contributed by atoms with Crippen molar-refractivity contribution in [2.75, 3.05) is 5.32 Å². The fourth-order valence-corrected chi connectivity index (χ4v) is 3.82. The molecule has 0 spiro atoms. The van der Waals surface area contributed by atoms with Crippen molar-refractivity contribution in [2.45, 2.75) is 6.42 Å². The molecule has 0 aromatic heterocycles. The maximum Gasteiger partial charge on any atom is 0.307 e. The van der Waals surface area contributed by atoms with Crippen LogP contribution in [0.5, 0.6) is 0 Å². The summed E-state index contributed by atoms with van der Waals surface area (Å²) < 4.78 is 0.948. The molecule has 0 aliphatic heterocycles. The number of halogens is 1. The molecule has 0 saturated heterocycles. The van der Waals surface area contributed by atoms with Gasteiger partial charge in [-0.2, -0.15) is 0 Å². The minimum atomic E-state index is -0.871. The lowest BCUT2D eigenvalue weighted by atomic mass is 9.82. The van der Waals surface area contributed by atoms with Crippen molar-refractivity contribution in [3.8, 4) is 0 Å². The van der Waals surface area contributed by atoms with Crippen molar-refractivity contribution in [3.05, 3.63) is 40.0 Å². The lowest BCUT2D eigenvalue weighted by Gasteiger charge is -2.24. The lowest BCUT2D eigenvalue weighted by molar-refractivity contribution is -0.146. The van der Waals surface area contributed by atoms with Crippen LogP contribution in [0.4, 0.5) is 5.69 Å². The van der Waals surface area contributed by atoms with E-state index in [9.17, 15) is 14.7 Å². The Morgan fingerprint density at radius 2 is 1.80 bits per heavy atom. The smallest absolute Gasteiger partial charge is 0.307 e. The first-order valence-corrected chi connectivity index (χ1v) is 7.62. The quantitative estimate of drug-likeness (QED) is 0.623. The van der Waals surface area contributed by atoms with E-state index in [1.54, 1.807) is 0 Å². The Bertz CT molecular complexity index is 599. The fraction of sp³-hybridized carbons (Fsp3) is 0.333. The van der Waals surface area contributed by atoms with Crippen molar-refractivity contribution in [2.24, 2.45) is 23.7 Å². The normalized spacial score (nSPS) is 30.4. The third-order valence-corrected chi connectivity index (χ3v) is 5.12. The monoisotopic (exact) mass is 383 g/mol. The predicted molar refractivity (Wildman–Crippen MR) is 83.1 cm³/mol. The summed E-state index contributed by atoms with van der Waals surface area (Å²) in [5.74, 6) is -2.04. The van der Waals surface area contributed by atoms with Gasteiger partial charge in [0.15, 0.2) is 0 Å². The number of carboxylic acids is 1. The summed E-state index contributed by atoms with van der Waals surface area (Å²) in [4.78, 5) is 23.9. The molecular weight excluding hydrogens is 369 g/mol. The van der Waals surface area contributed by atoms with Crippen LogP contribution in [0, 0.1) is 27.2 Å². The molecule has 104 valence electrons. The molecule has 4 nitrogen and oxygen atoms in total. The molecule has 20 heavy (non-hydrogen) atoms. The van der Waals surface area contributed by atoms with Crippen LogP contribution in [0.3, 0.4) is 0 Å². The Morgan fingerprint density at radius 1 is 1.15 bits per heavy atom. The number of hydrogen-bond donors (Lipinski definition) is 2. The molecule has 0 heterocycles. The number of fused-ring (bicyclic) bond motifs is 2. The minimum Gasteiger partial charge on any atom is -0.481 e. The molecule has 1 amide bonds. The summed E-state index contributed by atoms with van der Waals surface area (Å²) in [6.45, 7) is 0. The van der Waals surface area contributed by atoms with E-state index in [0.29, 0.717) is 0 Å². The van der Waals surface area contributed by atoms with Crippen molar-refractivity contribution >= 4 is 40.2 Å². The molecule has 1 aromatic rings. The molecule has 2 aliphatic rings. The number of carbonyl (C=O) groups is 2. The van der Waals surface area contributed by atoms with Crippen LogP contribution in [0.15, 0.2) is 36.4 Å². The number of para-hydroxylation sites is 1. The number of anilines is 1. The van der Waals surface area contributed by atoms with E-state index in [0.717, 1.165) is 15.7 Å². The van der Waals surface area contributed by atoms with Crippen LogP contribution in [-0.4, -0.2) is 17.0 Å². The number of amides is 1. The summed E-state index contributed by atoms with van der Waals surface area (Å²) >= 11 is 2.15. The van der Waals surface area contributed by atoms with Gasteiger partial charge in [-0.15, -0.1) is 0 Å². The fourth-order valence-electron chi connectivity index (χ4n) is 3.29. The van der Waals surface area contributed by atoms with Gasteiger partial charge < -0.3 is 10.4 Å². The zero-order valence-electron chi connectivity index (χ0n) is 10.6. The molecule has 1 fully saturated rings. The summed E-state index contributed by atoms with van der Waals surface area (Å²) in [6, 6.07) is 7.49. The molecule has 4 atom stereocenters. The van der Waals surface area contributed by atoms with Crippen LogP contribution in [-0.2, 0) is 9.59 Å². The zero-order valence-corrected chi connectivity index (χ0v) is 12.8. The highest BCUT2D eigenvalue weighted by Crippen LogP contribution is 2.48. The first-order valence-electron chi connectivity index (χ1n) is 6.54. The zero-order chi connectivity index (χ0) is 14.3. The number of nitrogens with one attached hydrogen (secondary N) is 1. The lowest BCUT2D eigenvalue weighted by Crippen LogP contribution is -2.36. The maximum absolute atomic E-state index is 12.5. The largest absolute Gasteiger partial charge is 0.481 e. The number of allylic oxidation sites excluding steroid dienone is 2. The van der Waals surface area contributed by atoms with E-state index < -0.39 is 17.8 Å². The summed E-state index contributed by atoms with van der Waals surface area (Å²) in [6.07, 6.45) is 4.71. The number of carbonyl (C=O) groups excluding carboxylic acids is 1. The highest BCUT2D eigenvalue weighted by atomic mass is 127. The van der Waals surface area contributed by atoms with E-state index in [2.05, 4.69) is 27.9 Å². The first-order chi connectivity index (χ1) is 9.58. The van der Waals surface area contributed by atoms with Crippen molar-refractivity contribution in [1.29, 1.82) is 0 Å². The topological polar surface area (TPSA) is 66.4 Å². The van der Waals surface area contributed by atoms with Crippen LogP contribution in [0.2, 0.25) is 0 Å². The molecule has 0 radical (unpaired) electrons. The Kier molecular flexibility index (Phi) is 3.54. The maximum atomic E-state index is 12.5. The average molecular weight is 383 g/mol. The van der Waals surface area contributed by atoms with E-state index in [4.69, 9.17) is 0 Å². The van der Waals surface area contributed by atoms with Gasteiger partial charge in [0.2, 0.25) is 5.91 Å². The Morgan fingerprint density at radius 3 is 2.45 bits per heavy atom. The highest BCUT2D eigenvalue weighted by molar-refractivity contribution is 14.1. The first kappa shape index (κ1) is 13.6. The minimum absolute atomic E-state index is 0.00287. The van der Waals surface area contributed by atoms with E-state index in [1.807, 2.05) is 36.4 Å². The van der Waals surface area contributed by atoms with E-state index >= 15 is 0 Å². The van der Waals surface area contributed by atoms with Crippen LogP contribution >= 0.6 is 22.6 Å². The molecule has 2 N–H and O–H groups in total. The van der Waals surface area contributed by atoms with Gasteiger partial charge in [-0.1, -0.05) is 24.3 Å². The van der Waals surface area contributed by atoms with Gasteiger partial charge in [-0.25, -0.2) is 0 Å². The van der Waals surface area contributed by atoms with Crippen molar-refractivity contribution < 1.29 is 14.7 Å². The van der Waals surface area contributed by atoms with Gasteiger partial charge in [-0.3, -0.25) is 9.59 Å². The van der Waals surface area contributed by atoms with Gasteiger partial charge >= 0.3 is 5.97 Å². The van der Waals surface area contributed by atoms with Crippen LogP contribution in [0.1, 0.15) is 6.42 Å². The van der Waals surface area contributed by atoms with E-state index in [1.165, 1.54) is 0 Å². The van der Waals surface area contributed by atoms with Crippen LogP contribution in [0.25, 0.3) is 0 Å². The summed E-state index contributed by atoms with van der Waals surface area (Å²) in [7, 11) is 0. The SMILES string of the molecule is O=C(O)[C@@H]1[C@H](C(=O)Nc2ccccc2I)[C@@H]2C=C[C@H]1C2. The average Bonchev–Trinajstić information content (AvgIpc) is 3.01. The van der Waals surface area contributed by atoms with E-state index in [-0.39, 0.29) is 17.7 Å². The molecule has 5 heteroatoms. The number of benzene rings is 1. The molecule has 0 unspecified atom stereocenters. The predicted octanol–water partition coefficient (Wildman–Crippen LogP) is 2.75.